The average molecular weight is 328 g/mol. The smallest absolute Gasteiger partial charge is 0.00326 e. The highest BCUT2D eigenvalue weighted by Crippen LogP contribution is 2.31. The summed E-state index contributed by atoms with van der Waals surface area (Å²) >= 11 is 0. The van der Waals surface area contributed by atoms with Crippen molar-refractivity contribution >= 4 is 43.1 Å². The van der Waals surface area contributed by atoms with Gasteiger partial charge in [-0.05, 0) is 53.5 Å². The van der Waals surface area contributed by atoms with Gasteiger partial charge in [0, 0.05) is 0 Å². The van der Waals surface area contributed by atoms with Crippen LogP contribution in [-0.4, -0.2) is 0 Å². The Labute approximate surface area is 151 Å². The Morgan fingerprint density at radius 1 is 0.308 bits per heavy atom. The molecule has 0 spiro atoms. The van der Waals surface area contributed by atoms with E-state index in [1.54, 1.807) is 0 Å². The highest BCUT2D eigenvalue weighted by Gasteiger charge is 2.06. The van der Waals surface area contributed by atoms with E-state index in [4.69, 9.17) is 0 Å². The van der Waals surface area contributed by atoms with Gasteiger partial charge in [-0.3, -0.25) is 0 Å². The van der Waals surface area contributed by atoms with E-state index in [0.717, 1.165) is 0 Å². The molecule has 0 saturated carbocycles. The fourth-order valence-corrected chi connectivity index (χ4v) is 4.46. The van der Waals surface area contributed by atoms with Gasteiger partial charge in [-0.25, -0.2) is 0 Å². The summed E-state index contributed by atoms with van der Waals surface area (Å²) in [6.07, 6.45) is 0. The van der Waals surface area contributed by atoms with Crippen molar-refractivity contribution in [1.29, 1.82) is 0 Å². The van der Waals surface area contributed by atoms with Crippen LogP contribution in [0.4, 0.5) is 0 Å². The van der Waals surface area contributed by atoms with E-state index in [9.17, 15) is 0 Å². The molecule has 6 aromatic rings. The van der Waals surface area contributed by atoms with E-state index in [1.165, 1.54) is 53.5 Å². The molecular formula is C26H16. The summed E-state index contributed by atoms with van der Waals surface area (Å²) in [6, 6.07) is 35.4. The molecule has 0 radical (unpaired) electrons. The van der Waals surface area contributed by atoms with E-state index in [1.807, 2.05) is 0 Å². The first-order valence-electron chi connectivity index (χ1n) is 9.05. The van der Waals surface area contributed by atoms with Crippen molar-refractivity contribution in [1.82, 2.24) is 0 Å². The molecule has 0 nitrogen and oxygen atoms in total. The van der Waals surface area contributed by atoms with Crippen LogP contribution in [0.25, 0.3) is 43.1 Å². The quantitative estimate of drug-likeness (QED) is 0.281. The molecule has 6 rings (SSSR count). The molecule has 120 valence electrons. The van der Waals surface area contributed by atoms with Gasteiger partial charge in [-0.2, -0.15) is 0 Å². The summed E-state index contributed by atoms with van der Waals surface area (Å²) in [5.74, 6) is 0. The van der Waals surface area contributed by atoms with Crippen LogP contribution in [-0.2, 0) is 0 Å². The molecular weight excluding hydrogens is 312 g/mol. The fourth-order valence-electron chi connectivity index (χ4n) is 4.46. The second-order valence-corrected chi connectivity index (χ2v) is 7.00. The van der Waals surface area contributed by atoms with Crippen molar-refractivity contribution in [3.63, 3.8) is 0 Å². The molecule has 0 atom stereocenters. The number of rotatable bonds is 0. The normalized spacial score (nSPS) is 13.2. The number of hydrogen-bond acceptors (Lipinski definition) is 0. The lowest BCUT2D eigenvalue weighted by Crippen LogP contribution is -1.85. The van der Waals surface area contributed by atoms with Gasteiger partial charge in [0.15, 0.2) is 0 Å². The highest BCUT2D eigenvalue weighted by molar-refractivity contribution is 6.12. The lowest BCUT2D eigenvalue weighted by atomic mass is 9.95. The van der Waals surface area contributed by atoms with Crippen molar-refractivity contribution in [3.8, 4) is 0 Å². The third-order valence-electron chi connectivity index (χ3n) is 5.60. The largest absolute Gasteiger partial charge is 0.0610 e. The minimum Gasteiger partial charge on any atom is -0.0610 e. The van der Waals surface area contributed by atoms with Crippen LogP contribution in [0, 0.1) is 10.4 Å². The first kappa shape index (κ1) is 13.9. The predicted octanol–water partition coefficient (Wildman–Crippen LogP) is 7.02. The van der Waals surface area contributed by atoms with Gasteiger partial charge in [0.25, 0.3) is 0 Å². The van der Waals surface area contributed by atoms with Gasteiger partial charge in [0.05, 0.1) is 0 Å². The average Bonchev–Trinajstić information content (AvgIpc) is 2.70. The maximum Gasteiger partial charge on any atom is -0.00326 e. The summed E-state index contributed by atoms with van der Waals surface area (Å²) in [5.41, 5.74) is 0. The molecule has 0 heterocycles. The third-order valence-corrected chi connectivity index (χ3v) is 5.60. The summed E-state index contributed by atoms with van der Waals surface area (Å²) in [6.45, 7) is 0. The molecule has 0 heteroatoms. The molecule has 0 bridgehead atoms. The van der Waals surface area contributed by atoms with Crippen LogP contribution in [0.5, 0.6) is 0 Å². The van der Waals surface area contributed by atoms with Crippen LogP contribution in [0.1, 0.15) is 0 Å². The van der Waals surface area contributed by atoms with Gasteiger partial charge in [0.2, 0.25) is 0 Å². The number of benzene rings is 6. The predicted molar refractivity (Wildman–Crippen MR) is 112 cm³/mol. The Morgan fingerprint density at radius 3 is 1.08 bits per heavy atom. The van der Waals surface area contributed by atoms with Crippen LogP contribution < -0.4 is 0 Å². The maximum atomic E-state index is 2.28. The minimum absolute atomic E-state index is 1.31. The summed E-state index contributed by atoms with van der Waals surface area (Å²) in [4.78, 5) is 0. The SMILES string of the molecule is c1cc2cccc3/c(=c4/ccc5cccc6cccc4c65)ccc(c1)c23. The monoisotopic (exact) mass is 328 g/mol. The molecule has 0 N–H and O–H groups in total. The lowest BCUT2D eigenvalue weighted by molar-refractivity contribution is 1.59. The van der Waals surface area contributed by atoms with Crippen molar-refractivity contribution in [3.05, 3.63) is 107 Å². The summed E-state index contributed by atoms with van der Waals surface area (Å²) in [5, 5.41) is 13.2. The van der Waals surface area contributed by atoms with Gasteiger partial charge in [-0.15, -0.1) is 0 Å². The molecule has 0 aliphatic carbocycles. The molecule has 0 unspecified atom stereocenters. The van der Waals surface area contributed by atoms with Crippen molar-refractivity contribution < 1.29 is 0 Å². The van der Waals surface area contributed by atoms with E-state index in [0.29, 0.717) is 0 Å². The second-order valence-electron chi connectivity index (χ2n) is 7.00. The molecule has 0 aliphatic heterocycles. The third kappa shape index (κ3) is 1.79. The van der Waals surface area contributed by atoms with Crippen LogP contribution in [0.15, 0.2) is 97.1 Å². The topological polar surface area (TPSA) is 0 Å². The Hall–Kier alpha value is -3.38. The minimum atomic E-state index is 1.31. The number of hydrogen-bond donors (Lipinski definition) is 0. The Balaban J connectivity index is 1.97. The van der Waals surface area contributed by atoms with E-state index in [2.05, 4.69) is 97.1 Å². The van der Waals surface area contributed by atoms with Gasteiger partial charge < -0.3 is 0 Å². The van der Waals surface area contributed by atoms with E-state index in [-0.39, 0.29) is 0 Å². The second kappa shape index (κ2) is 5.06. The molecule has 0 saturated heterocycles. The highest BCUT2D eigenvalue weighted by atomic mass is 14.1. The summed E-state index contributed by atoms with van der Waals surface area (Å²) in [7, 11) is 0. The van der Waals surface area contributed by atoms with Crippen molar-refractivity contribution in [2.45, 2.75) is 0 Å². The Bertz CT molecular complexity index is 1360. The van der Waals surface area contributed by atoms with Crippen LogP contribution in [0.3, 0.4) is 0 Å². The lowest BCUT2D eigenvalue weighted by Gasteiger charge is -2.09. The molecule has 0 aromatic heterocycles. The first-order valence-corrected chi connectivity index (χ1v) is 9.05. The van der Waals surface area contributed by atoms with Crippen LogP contribution in [0.2, 0.25) is 0 Å². The fraction of sp³-hybridized carbons (Fsp3) is 0. The Kier molecular flexibility index (Phi) is 2.70. The van der Waals surface area contributed by atoms with Crippen molar-refractivity contribution in [2.75, 3.05) is 0 Å². The van der Waals surface area contributed by atoms with Crippen LogP contribution >= 0.6 is 0 Å². The van der Waals surface area contributed by atoms with E-state index < -0.39 is 0 Å². The molecule has 26 heavy (non-hydrogen) atoms. The van der Waals surface area contributed by atoms with Crippen molar-refractivity contribution in [2.24, 2.45) is 0 Å². The molecule has 0 aliphatic rings. The van der Waals surface area contributed by atoms with E-state index >= 15 is 0 Å². The van der Waals surface area contributed by atoms with Gasteiger partial charge in [-0.1, -0.05) is 97.1 Å². The summed E-state index contributed by atoms with van der Waals surface area (Å²) < 4.78 is 0. The zero-order valence-corrected chi connectivity index (χ0v) is 14.2. The zero-order valence-electron chi connectivity index (χ0n) is 14.2. The molecule has 0 amide bonds. The molecule has 6 aromatic carbocycles. The Morgan fingerprint density at radius 2 is 0.654 bits per heavy atom. The van der Waals surface area contributed by atoms with Gasteiger partial charge in [0.1, 0.15) is 0 Å². The standard InChI is InChI=1S/C26H16/c1-5-17-9-3-11-23-21(15-13-19(7-1)25(17)23)22-16-14-20-8-2-6-18-10-4-12-24(22)26(18)20/h1-16H/b22-21-. The van der Waals surface area contributed by atoms with Gasteiger partial charge >= 0.3 is 0 Å². The first-order chi connectivity index (χ1) is 12.9. The maximum absolute atomic E-state index is 2.28. The zero-order chi connectivity index (χ0) is 17.1. The molecule has 0 fully saturated rings.